The minimum Gasteiger partial charge on any atom is -0.455 e. The molecule has 0 radical (unpaired) electrons. The highest BCUT2D eigenvalue weighted by Crippen LogP contribution is 2.46. The first-order chi connectivity index (χ1) is 34.2. The number of nitrogens with zero attached hydrogens (tertiary/aromatic N) is 2. The minimum absolute atomic E-state index is 0.883. The van der Waals surface area contributed by atoms with E-state index in [1.165, 1.54) is 65.3 Å². The Kier molecular flexibility index (Phi) is 8.90. The molecule has 2 aromatic heterocycles. The van der Waals surface area contributed by atoms with Crippen LogP contribution in [-0.2, 0) is 0 Å². The second kappa shape index (κ2) is 15.7. The smallest absolute Gasteiger partial charge is 0.143 e. The largest absolute Gasteiger partial charge is 0.455 e. The zero-order chi connectivity index (χ0) is 45.4. The van der Waals surface area contributed by atoms with Crippen LogP contribution in [-0.4, -0.2) is 4.57 Å². The molecule has 69 heavy (non-hydrogen) atoms. The van der Waals surface area contributed by atoms with E-state index >= 15 is 0 Å². The summed E-state index contributed by atoms with van der Waals surface area (Å²) >= 11 is 0. The number of para-hydroxylation sites is 4. The third-order valence-electron chi connectivity index (χ3n) is 14.1. The summed E-state index contributed by atoms with van der Waals surface area (Å²) in [5, 5.41) is 12.1. The molecule has 2 heterocycles. The maximum absolute atomic E-state index is 6.84. The van der Waals surface area contributed by atoms with Crippen LogP contribution in [0.25, 0.3) is 115 Å². The molecule has 12 aromatic carbocycles. The molecule has 0 spiro atoms. The van der Waals surface area contributed by atoms with Gasteiger partial charge in [0, 0.05) is 49.7 Å². The van der Waals surface area contributed by atoms with Gasteiger partial charge in [-0.3, -0.25) is 0 Å². The second-order valence-electron chi connectivity index (χ2n) is 18.1. The molecule has 0 atom stereocenters. The molecule has 3 nitrogen and oxygen atoms in total. The van der Waals surface area contributed by atoms with Gasteiger partial charge in [0.2, 0.25) is 0 Å². The number of aromatic nitrogens is 1. The van der Waals surface area contributed by atoms with Crippen LogP contribution in [0.2, 0.25) is 0 Å². The number of rotatable bonds is 7. The predicted molar refractivity (Wildman–Crippen MR) is 292 cm³/mol. The molecule has 0 N–H and O–H groups in total. The van der Waals surface area contributed by atoms with Crippen LogP contribution in [0, 0.1) is 0 Å². The Bertz CT molecular complexity index is 4260. The van der Waals surface area contributed by atoms with Gasteiger partial charge in [-0.15, -0.1) is 0 Å². The van der Waals surface area contributed by atoms with E-state index in [0.29, 0.717) is 0 Å². The van der Waals surface area contributed by atoms with Gasteiger partial charge in [-0.1, -0.05) is 182 Å². The van der Waals surface area contributed by atoms with Crippen molar-refractivity contribution in [1.29, 1.82) is 0 Å². The van der Waals surface area contributed by atoms with Gasteiger partial charge >= 0.3 is 0 Å². The molecule has 0 amide bonds. The summed E-state index contributed by atoms with van der Waals surface area (Å²) in [6.45, 7) is 0. The molecule has 322 valence electrons. The van der Waals surface area contributed by atoms with Crippen molar-refractivity contribution in [3.63, 3.8) is 0 Å². The van der Waals surface area contributed by atoms with Crippen molar-refractivity contribution in [3.8, 4) is 39.1 Å². The van der Waals surface area contributed by atoms with E-state index in [1.54, 1.807) is 0 Å². The zero-order valence-corrected chi connectivity index (χ0v) is 37.6. The zero-order valence-electron chi connectivity index (χ0n) is 37.6. The van der Waals surface area contributed by atoms with Crippen molar-refractivity contribution < 1.29 is 4.42 Å². The summed E-state index contributed by atoms with van der Waals surface area (Å²) in [5.41, 5.74) is 15.3. The number of hydrogen-bond acceptors (Lipinski definition) is 2. The average Bonchev–Trinajstić information content (AvgIpc) is 3.96. The van der Waals surface area contributed by atoms with Gasteiger partial charge in [0.1, 0.15) is 11.2 Å². The van der Waals surface area contributed by atoms with Gasteiger partial charge in [0.15, 0.2) is 0 Å². The molecule has 0 saturated carbocycles. The van der Waals surface area contributed by atoms with Gasteiger partial charge in [-0.05, 0) is 127 Å². The van der Waals surface area contributed by atoms with Gasteiger partial charge in [-0.2, -0.15) is 0 Å². The Morgan fingerprint density at radius 3 is 1.58 bits per heavy atom. The van der Waals surface area contributed by atoms with E-state index in [4.69, 9.17) is 4.42 Å². The Hall–Kier alpha value is -9.18. The first-order valence-corrected chi connectivity index (χ1v) is 23.6. The number of anilines is 3. The van der Waals surface area contributed by atoms with E-state index < -0.39 is 0 Å². The lowest BCUT2D eigenvalue weighted by atomic mass is 9.97. The standard InChI is InChI=1S/C66H42N2O/c1-2-15-48-42-65-61(41-47(48)14-1)60-23-12-22-59(66(60)69-65)58-21-7-8-24-62(58)67(52-36-31-44(32-37-52)49-33-38-55-50(39-49)28-27-45-13-3-4-18-54(45)55)51-34-29-43(30-35-51)46-16-11-17-53(40-46)68-63-25-9-5-19-56(63)57-20-6-10-26-64(57)68/h1-42H. The van der Waals surface area contributed by atoms with E-state index in [0.717, 1.165) is 66.9 Å². The Morgan fingerprint density at radius 1 is 0.304 bits per heavy atom. The summed E-state index contributed by atoms with van der Waals surface area (Å²) in [4.78, 5) is 2.39. The molecule has 0 aliphatic rings. The van der Waals surface area contributed by atoms with Crippen molar-refractivity contribution in [2.75, 3.05) is 4.90 Å². The first kappa shape index (κ1) is 39.0. The lowest BCUT2D eigenvalue weighted by Crippen LogP contribution is -2.11. The van der Waals surface area contributed by atoms with E-state index in [-0.39, 0.29) is 0 Å². The van der Waals surface area contributed by atoms with Crippen LogP contribution in [0.4, 0.5) is 17.1 Å². The third-order valence-corrected chi connectivity index (χ3v) is 14.1. The van der Waals surface area contributed by atoms with Crippen LogP contribution in [0.15, 0.2) is 259 Å². The van der Waals surface area contributed by atoms with Gasteiger partial charge in [0.05, 0.1) is 16.7 Å². The van der Waals surface area contributed by atoms with E-state index in [1.807, 2.05) is 0 Å². The Morgan fingerprint density at radius 2 is 0.841 bits per heavy atom. The summed E-state index contributed by atoms with van der Waals surface area (Å²) < 4.78 is 9.22. The normalized spacial score (nSPS) is 11.8. The fourth-order valence-electron chi connectivity index (χ4n) is 10.8. The van der Waals surface area contributed by atoms with Crippen LogP contribution < -0.4 is 4.90 Å². The lowest BCUT2D eigenvalue weighted by Gasteiger charge is -2.28. The fourth-order valence-corrected chi connectivity index (χ4v) is 10.8. The van der Waals surface area contributed by atoms with Gasteiger partial charge in [0.25, 0.3) is 0 Å². The molecule has 0 unspecified atom stereocenters. The second-order valence-corrected chi connectivity index (χ2v) is 18.1. The maximum atomic E-state index is 6.84. The minimum atomic E-state index is 0.883. The van der Waals surface area contributed by atoms with E-state index in [2.05, 4.69) is 264 Å². The van der Waals surface area contributed by atoms with Crippen molar-refractivity contribution in [2.45, 2.75) is 0 Å². The maximum Gasteiger partial charge on any atom is 0.143 e. The van der Waals surface area contributed by atoms with Crippen molar-refractivity contribution in [3.05, 3.63) is 255 Å². The van der Waals surface area contributed by atoms with Crippen molar-refractivity contribution in [1.82, 2.24) is 4.57 Å². The third kappa shape index (κ3) is 6.43. The predicted octanol–water partition coefficient (Wildman–Crippen LogP) is 18.6. The highest BCUT2D eigenvalue weighted by molar-refractivity contribution is 6.14. The first-order valence-electron chi connectivity index (χ1n) is 23.6. The number of furan rings is 1. The van der Waals surface area contributed by atoms with Crippen LogP contribution >= 0.6 is 0 Å². The molecule has 0 bridgehead atoms. The number of benzene rings is 12. The van der Waals surface area contributed by atoms with Crippen LogP contribution in [0.1, 0.15) is 0 Å². The summed E-state index contributed by atoms with van der Waals surface area (Å²) in [7, 11) is 0. The molecule has 0 aliphatic heterocycles. The molecule has 14 aromatic rings. The van der Waals surface area contributed by atoms with E-state index in [9.17, 15) is 0 Å². The molecule has 0 aliphatic carbocycles. The average molecular weight is 879 g/mol. The monoisotopic (exact) mass is 878 g/mol. The molecular formula is C66H42N2O. The summed E-state index contributed by atoms with van der Waals surface area (Å²) in [6.07, 6.45) is 0. The number of hydrogen-bond donors (Lipinski definition) is 0. The highest BCUT2D eigenvalue weighted by Gasteiger charge is 2.21. The Labute approximate surface area is 399 Å². The summed E-state index contributed by atoms with van der Waals surface area (Å²) in [5.74, 6) is 0. The number of fused-ring (bicyclic) bond motifs is 10. The molecular weight excluding hydrogens is 837 g/mol. The van der Waals surface area contributed by atoms with Crippen molar-refractivity contribution >= 4 is 93.1 Å². The summed E-state index contributed by atoms with van der Waals surface area (Å²) in [6, 6.07) is 92.5. The quantitative estimate of drug-likeness (QED) is 0.149. The lowest BCUT2D eigenvalue weighted by molar-refractivity contribution is 0.670. The highest BCUT2D eigenvalue weighted by atomic mass is 16.3. The molecule has 14 rings (SSSR count). The van der Waals surface area contributed by atoms with Gasteiger partial charge in [-0.25, -0.2) is 0 Å². The molecule has 0 saturated heterocycles. The van der Waals surface area contributed by atoms with Crippen LogP contribution in [0.3, 0.4) is 0 Å². The molecule has 3 heteroatoms. The topological polar surface area (TPSA) is 21.3 Å². The fraction of sp³-hybridized carbons (Fsp3) is 0. The van der Waals surface area contributed by atoms with Crippen LogP contribution in [0.5, 0.6) is 0 Å². The Balaban J connectivity index is 0.894. The SMILES string of the molecule is c1cc(-c2ccc(N(c3ccc(-c4ccc5c(ccc6ccccc65)c4)cc3)c3ccccc3-c3cccc4c3oc3cc5ccccc5cc34)cc2)cc(-n2c3ccccc3c3ccccc32)c1. The van der Waals surface area contributed by atoms with Gasteiger partial charge < -0.3 is 13.9 Å². The molecule has 0 fully saturated rings. The van der Waals surface area contributed by atoms with Crippen molar-refractivity contribution in [2.24, 2.45) is 0 Å².